The van der Waals surface area contributed by atoms with Crippen molar-refractivity contribution in [2.75, 3.05) is 31.1 Å². The van der Waals surface area contributed by atoms with Crippen molar-refractivity contribution in [1.82, 2.24) is 15.2 Å². The summed E-state index contributed by atoms with van der Waals surface area (Å²) in [6.45, 7) is 11.6. The second kappa shape index (κ2) is 8.65. The van der Waals surface area contributed by atoms with Crippen LogP contribution in [-0.2, 0) is 0 Å². The third-order valence-corrected chi connectivity index (χ3v) is 7.31. The highest BCUT2D eigenvalue weighted by molar-refractivity contribution is 6.14. The minimum atomic E-state index is -0.376. The Morgan fingerprint density at radius 1 is 1.19 bits per heavy atom. The fraction of sp³-hybridized carbons (Fsp3) is 0.560. The smallest absolute Gasteiger partial charge is 0.317 e. The number of nitrogens with one attached hydrogen (secondary N) is 1. The number of carbonyl (C=O) groups is 1. The van der Waals surface area contributed by atoms with Crippen LogP contribution in [0.2, 0.25) is 5.31 Å². The van der Waals surface area contributed by atoms with E-state index in [1.807, 2.05) is 29.2 Å². The van der Waals surface area contributed by atoms with E-state index < -0.39 is 0 Å². The molecule has 0 aliphatic carbocycles. The van der Waals surface area contributed by atoms with E-state index in [2.05, 4.69) is 49.0 Å². The Morgan fingerprint density at radius 3 is 2.56 bits per heavy atom. The lowest BCUT2D eigenvalue weighted by Gasteiger charge is -2.45. The van der Waals surface area contributed by atoms with Crippen LogP contribution in [0.5, 0.6) is 0 Å². The molecule has 1 N–H and O–H groups in total. The average Bonchev–Trinajstić information content (AvgIpc) is 3.10. The van der Waals surface area contributed by atoms with Gasteiger partial charge < -0.3 is 15.1 Å². The van der Waals surface area contributed by atoms with Gasteiger partial charge in [0, 0.05) is 49.5 Å². The number of pyridine rings is 1. The summed E-state index contributed by atoms with van der Waals surface area (Å²) in [5.41, 5.74) is 2.31. The molecule has 0 bridgehead atoms. The first-order valence-electron chi connectivity index (χ1n) is 11.5. The fourth-order valence-corrected chi connectivity index (χ4v) is 5.02. The van der Waals surface area contributed by atoms with Crippen LogP contribution in [0.4, 0.5) is 10.5 Å². The molecule has 1 aromatic carbocycles. The molecule has 2 radical (unpaired) electrons. The molecule has 1 aromatic heterocycles. The summed E-state index contributed by atoms with van der Waals surface area (Å²) in [5.74, 6) is 1.26. The molecule has 0 saturated carbocycles. The number of likely N-dealkylation sites (tertiary alicyclic amines) is 1. The maximum absolute atomic E-state index is 13.0. The Bertz CT molecular complexity index is 1030. The molecule has 0 spiro atoms. The summed E-state index contributed by atoms with van der Waals surface area (Å²) in [6.07, 6.45) is 2.56. The van der Waals surface area contributed by atoms with Gasteiger partial charge in [-0.15, -0.1) is 0 Å². The van der Waals surface area contributed by atoms with Gasteiger partial charge in [0.15, 0.2) is 0 Å². The Balaban J connectivity index is 1.61. The zero-order valence-corrected chi connectivity index (χ0v) is 19.5. The van der Waals surface area contributed by atoms with Crippen LogP contribution in [0, 0.1) is 29.1 Å². The summed E-state index contributed by atoms with van der Waals surface area (Å²) in [6, 6.07) is 10.0. The Labute approximate surface area is 192 Å². The molecule has 2 aliphatic heterocycles. The number of benzene rings is 1. The zero-order valence-electron chi connectivity index (χ0n) is 19.5. The van der Waals surface area contributed by atoms with Gasteiger partial charge in [0.1, 0.15) is 6.07 Å². The van der Waals surface area contributed by atoms with E-state index in [1.165, 1.54) is 0 Å². The third kappa shape index (κ3) is 4.41. The maximum Gasteiger partial charge on any atom is 0.317 e. The first kappa shape index (κ1) is 22.4. The quantitative estimate of drug-likeness (QED) is 0.750. The summed E-state index contributed by atoms with van der Waals surface area (Å²) in [7, 11) is 6.56. The van der Waals surface area contributed by atoms with Crippen LogP contribution >= 0.6 is 0 Å². The van der Waals surface area contributed by atoms with Crippen LogP contribution in [0.1, 0.15) is 39.7 Å². The average molecular weight is 429 g/mol. The van der Waals surface area contributed by atoms with Crippen molar-refractivity contribution >= 4 is 30.5 Å². The normalized spacial score (nSPS) is 26.2. The summed E-state index contributed by atoms with van der Waals surface area (Å²) in [5, 5.41) is 13.4. The minimum Gasteiger partial charge on any atom is -0.369 e. The molecule has 2 aromatic rings. The van der Waals surface area contributed by atoms with E-state index in [0.29, 0.717) is 29.5 Å². The van der Waals surface area contributed by atoms with E-state index >= 15 is 0 Å². The second-order valence-electron chi connectivity index (χ2n) is 10.3. The topological polar surface area (TPSA) is 72.3 Å². The molecule has 4 rings (SSSR count). The monoisotopic (exact) mass is 429 g/mol. The SMILES string of the molecule is [B]C(C)(C)C1CC(NC(=O)N2CC(C)C(C)C2)CN(c2ccc(C#N)c3ncccc23)C1. The molecule has 2 amide bonds. The van der Waals surface area contributed by atoms with Crippen molar-refractivity contribution in [1.29, 1.82) is 5.26 Å². The number of fused-ring (bicyclic) bond motifs is 1. The molecule has 2 aliphatic rings. The molecule has 2 fully saturated rings. The Morgan fingerprint density at radius 2 is 1.91 bits per heavy atom. The lowest BCUT2D eigenvalue weighted by molar-refractivity contribution is 0.195. The molecular weight excluding hydrogens is 397 g/mol. The van der Waals surface area contributed by atoms with Crippen molar-refractivity contribution < 1.29 is 4.79 Å². The zero-order chi connectivity index (χ0) is 23.0. The highest BCUT2D eigenvalue weighted by Crippen LogP contribution is 2.40. The van der Waals surface area contributed by atoms with Crippen molar-refractivity contribution in [3.05, 3.63) is 36.0 Å². The van der Waals surface area contributed by atoms with Gasteiger partial charge in [0.25, 0.3) is 0 Å². The molecule has 7 heteroatoms. The number of hydrogen-bond acceptors (Lipinski definition) is 4. The molecular formula is C25H32BN5O. The molecule has 4 unspecified atom stereocenters. The van der Waals surface area contributed by atoms with Crippen molar-refractivity contribution in [2.45, 2.75) is 45.5 Å². The van der Waals surface area contributed by atoms with Gasteiger partial charge >= 0.3 is 6.03 Å². The maximum atomic E-state index is 13.0. The molecule has 166 valence electrons. The Kier molecular flexibility index (Phi) is 6.07. The van der Waals surface area contributed by atoms with Gasteiger partial charge in [0.05, 0.1) is 18.9 Å². The van der Waals surface area contributed by atoms with Crippen LogP contribution in [0.3, 0.4) is 0 Å². The lowest BCUT2D eigenvalue weighted by Crippen LogP contribution is -2.55. The number of amides is 2. The number of aromatic nitrogens is 1. The van der Waals surface area contributed by atoms with Crippen LogP contribution in [0.15, 0.2) is 30.5 Å². The Hall–Kier alpha value is -2.75. The molecule has 32 heavy (non-hydrogen) atoms. The third-order valence-electron chi connectivity index (χ3n) is 7.31. The first-order chi connectivity index (χ1) is 15.2. The van der Waals surface area contributed by atoms with Gasteiger partial charge in [-0.2, -0.15) is 5.26 Å². The van der Waals surface area contributed by atoms with E-state index in [4.69, 9.17) is 7.85 Å². The summed E-state index contributed by atoms with van der Waals surface area (Å²) >= 11 is 0. The molecule has 3 heterocycles. The number of hydrogen-bond donors (Lipinski definition) is 1. The van der Waals surface area contributed by atoms with E-state index in [-0.39, 0.29) is 23.3 Å². The number of anilines is 1. The van der Waals surface area contributed by atoms with E-state index in [0.717, 1.165) is 37.1 Å². The van der Waals surface area contributed by atoms with Crippen LogP contribution < -0.4 is 10.2 Å². The number of rotatable bonds is 3. The number of urea groups is 1. The van der Waals surface area contributed by atoms with Crippen LogP contribution in [0.25, 0.3) is 10.9 Å². The van der Waals surface area contributed by atoms with E-state index in [9.17, 15) is 10.1 Å². The van der Waals surface area contributed by atoms with Crippen LogP contribution in [-0.4, -0.2) is 56.0 Å². The number of nitrogens with zero attached hydrogens (tertiary/aromatic N) is 4. The van der Waals surface area contributed by atoms with Gasteiger partial charge in [-0.25, -0.2) is 4.79 Å². The van der Waals surface area contributed by atoms with Gasteiger partial charge in [-0.1, -0.05) is 33.0 Å². The molecule has 4 atom stereocenters. The van der Waals surface area contributed by atoms with Crippen molar-refractivity contribution in [2.24, 2.45) is 17.8 Å². The highest BCUT2D eigenvalue weighted by atomic mass is 16.2. The fourth-order valence-electron chi connectivity index (χ4n) is 5.02. The second-order valence-corrected chi connectivity index (χ2v) is 10.3. The summed E-state index contributed by atoms with van der Waals surface area (Å²) < 4.78 is 0. The molecule has 2 saturated heterocycles. The lowest BCUT2D eigenvalue weighted by atomic mass is 9.61. The first-order valence-corrected chi connectivity index (χ1v) is 11.5. The predicted octanol–water partition coefficient (Wildman–Crippen LogP) is 3.97. The number of carbonyl (C=O) groups excluding carboxylic acids is 1. The summed E-state index contributed by atoms with van der Waals surface area (Å²) in [4.78, 5) is 21.7. The largest absolute Gasteiger partial charge is 0.369 e. The van der Waals surface area contributed by atoms with Gasteiger partial charge in [-0.3, -0.25) is 4.98 Å². The van der Waals surface area contributed by atoms with E-state index in [1.54, 1.807) is 6.20 Å². The minimum absolute atomic E-state index is 0.00217. The van der Waals surface area contributed by atoms with Crippen molar-refractivity contribution in [3.63, 3.8) is 0 Å². The standard InChI is InChI=1S/C25H32BN5O/c1-16-12-31(13-17(16)2)24(32)29-20-10-19(25(3,4)26)14-30(15-20)22-8-7-18(11-27)23-21(22)6-5-9-28-23/h5-9,16-17,19-20H,10,12-15H2,1-4H3,(H,29,32). The van der Waals surface area contributed by atoms with Gasteiger partial charge in [-0.05, 0) is 48.4 Å². The predicted molar refractivity (Wildman–Crippen MR) is 129 cm³/mol. The highest BCUT2D eigenvalue weighted by Gasteiger charge is 2.37. The van der Waals surface area contributed by atoms with Crippen molar-refractivity contribution in [3.8, 4) is 6.07 Å². The number of piperidine rings is 1. The number of nitriles is 1. The van der Waals surface area contributed by atoms with Gasteiger partial charge in [0.2, 0.25) is 0 Å². The molecule has 6 nitrogen and oxygen atoms in total.